The van der Waals surface area contributed by atoms with Crippen molar-refractivity contribution in [3.8, 4) is 0 Å². The molecular formula is C14H24IN5O. The first-order valence-corrected chi connectivity index (χ1v) is 7.32. The summed E-state index contributed by atoms with van der Waals surface area (Å²) in [5, 5.41) is 7.70. The van der Waals surface area contributed by atoms with E-state index in [1.165, 1.54) is 12.8 Å². The fourth-order valence-corrected chi connectivity index (χ4v) is 2.54. The van der Waals surface area contributed by atoms with Gasteiger partial charge in [-0.2, -0.15) is 5.10 Å². The Kier molecular flexibility index (Phi) is 5.86. The second-order valence-corrected chi connectivity index (χ2v) is 5.62. The first-order valence-electron chi connectivity index (χ1n) is 7.32. The molecule has 6 nitrogen and oxygen atoms in total. The zero-order valence-electron chi connectivity index (χ0n) is 12.7. The van der Waals surface area contributed by atoms with Crippen LogP contribution in [0.5, 0.6) is 0 Å². The highest BCUT2D eigenvalue weighted by Gasteiger charge is 2.26. The number of ether oxygens (including phenoxy) is 1. The number of aliphatic imine (C=N–C) groups is 1. The summed E-state index contributed by atoms with van der Waals surface area (Å²) in [5.41, 5.74) is 1.13. The maximum absolute atomic E-state index is 5.86. The molecule has 1 aliphatic carbocycles. The second-order valence-electron chi connectivity index (χ2n) is 5.62. The van der Waals surface area contributed by atoms with Crippen molar-refractivity contribution in [3.05, 3.63) is 18.0 Å². The van der Waals surface area contributed by atoms with Crippen LogP contribution in [0.1, 0.15) is 24.5 Å². The highest BCUT2D eigenvalue weighted by Crippen LogP contribution is 2.28. The number of nitrogens with one attached hydrogen (secondary N) is 1. The smallest absolute Gasteiger partial charge is 0.193 e. The molecule has 1 saturated heterocycles. The fourth-order valence-electron chi connectivity index (χ4n) is 2.54. The highest BCUT2D eigenvalue weighted by molar-refractivity contribution is 14.0. The molecule has 0 radical (unpaired) electrons. The molecule has 118 valence electrons. The Hall–Kier alpha value is -0.830. The largest absolute Gasteiger partial charge is 0.370 e. The van der Waals surface area contributed by atoms with E-state index in [4.69, 9.17) is 4.74 Å². The quantitative estimate of drug-likeness (QED) is 0.469. The molecule has 1 unspecified atom stereocenters. The molecule has 0 spiro atoms. The van der Waals surface area contributed by atoms with Crippen molar-refractivity contribution in [2.45, 2.75) is 18.9 Å². The standard InChI is InChI=1S/C14H23N5O.HI/c1-15-14(16-7-11-3-4-11)19-5-6-20-13(10-19)12-8-17-18(2)9-12;/h8-9,11,13H,3-7,10H2,1-2H3,(H,15,16);1H. The Bertz CT molecular complexity index is 485. The Morgan fingerprint density at radius 1 is 1.52 bits per heavy atom. The summed E-state index contributed by atoms with van der Waals surface area (Å²) >= 11 is 0. The number of nitrogens with zero attached hydrogens (tertiary/aromatic N) is 4. The molecule has 2 aliphatic rings. The minimum absolute atomic E-state index is 0. The van der Waals surface area contributed by atoms with E-state index >= 15 is 0 Å². The van der Waals surface area contributed by atoms with E-state index in [2.05, 4.69) is 20.3 Å². The minimum atomic E-state index is 0. The van der Waals surface area contributed by atoms with Gasteiger partial charge >= 0.3 is 0 Å². The van der Waals surface area contributed by atoms with Crippen molar-refractivity contribution in [2.24, 2.45) is 18.0 Å². The molecule has 1 saturated carbocycles. The Morgan fingerprint density at radius 2 is 2.33 bits per heavy atom. The van der Waals surface area contributed by atoms with E-state index in [0.717, 1.165) is 43.7 Å². The second kappa shape index (κ2) is 7.44. The SMILES string of the molecule is CN=C(NCC1CC1)N1CCOC(c2cnn(C)c2)C1.I. The van der Waals surface area contributed by atoms with Crippen LogP contribution in [-0.2, 0) is 11.8 Å². The van der Waals surface area contributed by atoms with E-state index < -0.39 is 0 Å². The Balaban J connectivity index is 0.00000161. The first-order chi connectivity index (χ1) is 9.76. The van der Waals surface area contributed by atoms with Crippen molar-refractivity contribution >= 4 is 29.9 Å². The van der Waals surface area contributed by atoms with Gasteiger partial charge in [0.05, 0.1) is 19.3 Å². The molecule has 0 bridgehead atoms. The molecule has 1 atom stereocenters. The maximum Gasteiger partial charge on any atom is 0.193 e. The molecule has 2 heterocycles. The van der Waals surface area contributed by atoms with Gasteiger partial charge in [-0.3, -0.25) is 9.67 Å². The van der Waals surface area contributed by atoms with Gasteiger partial charge in [0.15, 0.2) is 5.96 Å². The van der Waals surface area contributed by atoms with E-state index in [-0.39, 0.29) is 30.1 Å². The molecule has 2 fully saturated rings. The zero-order valence-corrected chi connectivity index (χ0v) is 15.0. The molecule has 1 aromatic heterocycles. The molecular weight excluding hydrogens is 381 g/mol. The predicted octanol–water partition coefficient (Wildman–Crippen LogP) is 1.40. The predicted molar refractivity (Wildman–Crippen MR) is 93.0 cm³/mol. The van der Waals surface area contributed by atoms with Gasteiger partial charge in [0.25, 0.3) is 0 Å². The average molecular weight is 405 g/mol. The van der Waals surface area contributed by atoms with Crippen LogP contribution in [-0.4, -0.2) is 53.9 Å². The van der Waals surface area contributed by atoms with Crippen LogP contribution in [0.25, 0.3) is 0 Å². The van der Waals surface area contributed by atoms with E-state index in [0.29, 0.717) is 0 Å². The van der Waals surface area contributed by atoms with Crippen LogP contribution in [0.3, 0.4) is 0 Å². The number of hydrogen-bond acceptors (Lipinski definition) is 3. The van der Waals surface area contributed by atoms with Gasteiger partial charge in [0.1, 0.15) is 6.10 Å². The van der Waals surface area contributed by atoms with Crippen molar-refractivity contribution in [1.82, 2.24) is 20.0 Å². The lowest BCUT2D eigenvalue weighted by atomic mass is 10.1. The summed E-state index contributed by atoms with van der Waals surface area (Å²) in [6, 6.07) is 0. The number of halogens is 1. The Morgan fingerprint density at radius 3 is 2.95 bits per heavy atom. The summed E-state index contributed by atoms with van der Waals surface area (Å²) in [7, 11) is 3.78. The summed E-state index contributed by atoms with van der Waals surface area (Å²) in [6.07, 6.45) is 6.69. The van der Waals surface area contributed by atoms with Gasteiger partial charge in [0.2, 0.25) is 0 Å². The van der Waals surface area contributed by atoms with E-state index in [9.17, 15) is 0 Å². The molecule has 1 N–H and O–H groups in total. The third-order valence-corrected chi connectivity index (χ3v) is 3.92. The monoisotopic (exact) mass is 405 g/mol. The number of aryl methyl sites for hydroxylation is 1. The van der Waals surface area contributed by atoms with Crippen molar-refractivity contribution in [2.75, 3.05) is 33.3 Å². The lowest BCUT2D eigenvalue weighted by molar-refractivity contribution is -0.00803. The normalized spacial score (nSPS) is 22.9. The Labute approximate surface area is 143 Å². The molecule has 1 aromatic rings. The highest BCUT2D eigenvalue weighted by atomic mass is 127. The molecule has 21 heavy (non-hydrogen) atoms. The summed E-state index contributed by atoms with van der Waals surface area (Å²) in [4.78, 5) is 6.68. The fraction of sp³-hybridized carbons (Fsp3) is 0.714. The van der Waals surface area contributed by atoms with Gasteiger partial charge in [0, 0.05) is 38.9 Å². The van der Waals surface area contributed by atoms with E-state index in [1.807, 2.05) is 31.2 Å². The minimum Gasteiger partial charge on any atom is -0.370 e. The van der Waals surface area contributed by atoms with Crippen LogP contribution in [0.4, 0.5) is 0 Å². The number of morpholine rings is 1. The lowest BCUT2D eigenvalue weighted by Gasteiger charge is -2.34. The third-order valence-electron chi connectivity index (χ3n) is 3.92. The molecule has 3 rings (SSSR count). The van der Waals surface area contributed by atoms with Crippen LogP contribution in [0.2, 0.25) is 0 Å². The van der Waals surface area contributed by atoms with E-state index in [1.54, 1.807) is 0 Å². The lowest BCUT2D eigenvalue weighted by Crippen LogP contribution is -2.48. The van der Waals surface area contributed by atoms with Crippen LogP contribution in [0.15, 0.2) is 17.4 Å². The van der Waals surface area contributed by atoms with Crippen LogP contribution in [0, 0.1) is 5.92 Å². The number of guanidine groups is 1. The van der Waals surface area contributed by atoms with Gasteiger partial charge in [-0.25, -0.2) is 0 Å². The van der Waals surface area contributed by atoms with Crippen LogP contribution >= 0.6 is 24.0 Å². The number of hydrogen-bond donors (Lipinski definition) is 1. The van der Waals surface area contributed by atoms with Crippen molar-refractivity contribution in [3.63, 3.8) is 0 Å². The third kappa shape index (κ3) is 4.32. The average Bonchev–Trinajstić information content (AvgIpc) is 3.20. The molecule has 1 aliphatic heterocycles. The summed E-state index contributed by atoms with van der Waals surface area (Å²) < 4.78 is 7.68. The molecule has 0 aromatic carbocycles. The zero-order chi connectivity index (χ0) is 13.9. The topological polar surface area (TPSA) is 54.7 Å². The van der Waals surface area contributed by atoms with Gasteiger partial charge < -0.3 is 15.0 Å². The van der Waals surface area contributed by atoms with Crippen molar-refractivity contribution < 1.29 is 4.74 Å². The van der Waals surface area contributed by atoms with Gasteiger partial charge in [-0.05, 0) is 18.8 Å². The number of aromatic nitrogens is 2. The van der Waals surface area contributed by atoms with Gasteiger partial charge in [-0.1, -0.05) is 0 Å². The summed E-state index contributed by atoms with van der Waals surface area (Å²) in [5.74, 6) is 1.84. The number of rotatable bonds is 3. The van der Waals surface area contributed by atoms with Crippen molar-refractivity contribution in [1.29, 1.82) is 0 Å². The van der Waals surface area contributed by atoms with Gasteiger partial charge in [-0.15, -0.1) is 24.0 Å². The molecule has 0 amide bonds. The first kappa shape index (κ1) is 16.5. The van der Waals surface area contributed by atoms with Crippen LogP contribution < -0.4 is 5.32 Å². The maximum atomic E-state index is 5.86. The molecule has 7 heteroatoms. The summed E-state index contributed by atoms with van der Waals surface area (Å²) in [6.45, 7) is 3.49.